The van der Waals surface area contributed by atoms with E-state index in [1.54, 1.807) is 0 Å². The van der Waals surface area contributed by atoms with Crippen LogP contribution < -0.4 is 0 Å². The number of hydrogen-bond acceptors (Lipinski definition) is 3. The highest BCUT2D eigenvalue weighted by Crippen LogP contribution is 2.35. The van der Waals surface area contributed by atoms with Crippen LogP contribution in [-0.4, -0.2) is 54.6 Å². The van der Waals surface area contributed by atoms with Gasteiger partial charge in [-0.1, -0.05) is 0 Å². The summed E-state index contributed by atoms with van der Waals surface area (Å²) in [4.78, 5) is 16.0. The maximum atomic E-state index is 13.9. The van der Waals surface area contributed by atoms with E-state index in [-0.39, 0.29) is 36.1 Å². The van der Waals surface area contributed by atoms with Crippen molar-refractivity contribution in [3.63, 3.8) is 0 Å². The second-order valence-corrected chi connectivity index (χ2v) is 7.43. The number of nitrogens with zero attached hydrogens (tertiary/aromatic N) is 2. The zero-order valence-corrected chi connectivity index (χ0v) is 14.5. The number of likely N-dealkylation sites (tertiary alicyclic amines) is 1. The molecule has 0 aromatic heterocycles. The van der Waals surface area contributed by atoms with E-state index in [2.05, 4.69) is 0 Å². The van der Waals surface area contributed by atoms with Crippen molar-refractivity contribution >= 4 is 5.91 Å². The van der Waals surface area contributed by atoms with E-state index in [4.69, 9.17) is 4.74 Å². The molecule has 1 aromatic carbocycles. The van der Waals surface area contributed by atoms with Crippen LogP contribution in [0.15, 0.2) is 12.1 Å². The number of carbonyl (C=O) groups is 1. The topological polar surface area (TPSA) is 32.8 Å². The van der Waals surface area contributed by atoms with Gasteiger partial charge in [0.25, 0.3) is 0 Å². The molecule has 0 saturated carbocycles. The van der Waals surface area contributed by atoms with Gasteiger partial charge in [-0.25, -0.2) is 13.2 Å². The second kappa shape index (κ2) is 6.96. The van der Waals surface area contributed by atoms with Crippen LogP contribution in [0.3, 0.4) is 0 Å². The molecule has 0 bridgehead atoms. The van der Waals surface area contributed by atoms with E-state index in [0.29, 0.717) is 32.3 Å². The van der Waals surface area contributed by atoms with Crippen molar-refractivity contribution in [3.8, 4) is 0 Å². The van der Waals surface area contributed by atoms with Crippen LogP contribution in [0.4, 0.5) is 13.2 Å². The van der Waals surface area contributed by atoms with E-state index >= 15 is 0 Å². The molecule has 2 fully saturated rings. The van der Waals surface area contributed by atoms with E-state index in [0.717, 1.165) is 12.5 Å². The molecule has 138 valence electrons. The third kappa shape index (κ3) is 3.82. The molecule has 3 rings (SSSR count). The van der Waals surface area contributed by atoms with E-state index in [1.807, 2.05) is 23.6 Å². The third-order valence-electron chi connectivity index (χ3n) is 5.08. The highest BCUT2D eigenvalue weighted by molar-refractivity contribution is 5.78. The van der Waals surface area contributed by atoms with Crippen molar-refractivity contribution in [1.82, 2.24) is 9.80 Å². The van der Waals surface area contributed by atoms with Crippen molar-refractivity contribution in [2.75, 3.05) is 32.8 Å². The lowest BCUT2D eigenvalue weighted by atomic mass is 9.87. The van der Waals surface area contributed by atoms with Crippen molar-refractivity contribution in [2.24, 2.45) is 5.41 Å². The van der Waals surface area contributed by atoms with Crippen LogP contribution in [-0.2, 0) is 16.1 Å². The minimum absolute atomic E-state index is 0.0167. The summed E-state index contributed by atoms with van der Waals surface area (Å²) in [5.74, 6) is -2.98. The molecule has 2 aliphatic heterocycles. The molecule has 1 aromatic rings. The SMILES string of the molecule is CC(C)N1CC2(CCN(Cc3cc(F)c(F)cc3F)C2)COCC1=O. The Morgan fingerprint density at radius 3 is 2.60 bits per heavy atom. The van der Waals surface area contributed by atoms with Gasteiger partial charge < -0.3 is 9.64 Å². The number of rotatable bonds is 3. The Hall–Kier alpha value is -1.60. The van der Waals surface area contributed by atoms with Gasteiger partial charge in [0.2, 0.25) is 5.91 Å². The molecule has 0 radical (unpaired) electrons. The molecule has 1 amide bonds. The highest BCUT2D eigenvalue weighted by atomic mass is 19.2. The average molecular weight is 356 g/mol. The molecule has 1 spiro atoms. The van der Waals surface area contributed by atoms with Crippen LogP contribution >= 0.6 is 0 Å². The molecule has 0 aliphatic carbocycles. The van der Waals surface area contributed by atoms with Crippen LogP contribution in [0.5, 0.6) is 0 Å². The van der Waals surface area contributed by atoms with Gasteiger partial charge in [-0.15, -0.1) is 0 Å². The minimum Gasteiger partial charge on any atom is -0.371 e. The zero-order chi connectivity index (χ0) is 18.2. The molecule has 1 atom stereocenters. The van der Waals surface area contributed by atoms with Gasteiger partial charge >= 0.3 is 0 Å². The molecular weight excluding hydrogens is 333 g/mol. The lowest BCUT2D eigenvalue weighted by molar-refractivity contribution is -0.135. The Bertz CT molecular complexity index is 668. The number of hydrogen-bond donors (Lipinski definition) is 0. The van der Waals surface area contributed by atoms with Crippen LogP contribution in [0.25, 0.3) is 0 Å². The lowest BCUT2D eigenvalue weighted by Crippen LogP contribution is -2.45. The van der Waals surface area contributed by atoms with Crippen LogP contribution in [0, 0.1) is 22.9 Å². The highest BCUT2D eigenvalue weighted by Gasteiger charge is 2.43. The first kappa shape index (κ1) is 18.2. The summed E-state index contributed by atoms with van der Waals surface area (Å²) in [6.45, 7) is 6.63. The van der Waals surface area contributed by atoms with E-state index in [1.165, 1.54) is 0 Å². The normalized spacial score (nSPS) is 25.2. The summed E-state index contributed by atoms with van der Waals surface area (Å²) >= 11 is 0. The Balaban J connectivity index is 1.72. The molecule has 0 N–H and O–H groups in total. The summed E-state index contributed by atoms with van der Waals surface area (Å²) in [5, 5.41) is 0. The fourth-order valence-corrected chi connectivity index (χ4v) is 3.74. The minimum atomic E-state index is -1.18. The summed E-state index contributed by atoms with van der Waals surface area (Å²) < 4.78 is 45.9. The number of carbonyl (C=O) groups excluding carboxylic acids is 1. The van der Waals surface area contributed by atoms with Gasteiger partial charge in [0.05, 0.1) is 6.61 Å². The summed E-state index contributed by atoms with van der Waals surface area (Å²) in [5.41, 5.74) is -0.0619. The maximum absolute atomic E-state index is 13.9. The van der Waals surface area contributed by atoms with Gasteiger partial charge in [-0.3, -0.25) is 9.69 Å². The number of amides is 1. The number of benzene rings is 1. The maximum Gasteiger partial charge on any atom is 0.248 e. The Morgan fingerprint density at radius 2 is 1.88 bits per heavy atom. The standard InChI is InChI=1S/C18H23F3N2O2/c1-12(2)23-10-18(11-25-8-17(23)24)3-4-22(9-18)7-13-5-15(20)16(21)6-14(13)19/h5-6,12H,3-4,7-11H2,1-2H3. The third-order valence-corrected chi connectivity index (χ3v) is 5.08. The van der Waals surface area contributed by atoms with Crippen molar-refractivity contribution in [2.45, 2.75) is 32.9 Å². The summed E-state index contributed by atoms with van der Waals surface area (Å²) in [6, 6.07) is 1.59. The predicted octanol–water partition coefficient (Wildman–Crippen LogP) is 2.56. The van der Waals surface area contributed by atoms with Crippen molar-refractivity contribution in [3.05, 3.63) is 35.1 Å². The average Bonchev–Trinajstić information content (AvgIpc) is 2.84. The fraction of sp³-hybridized carbons (Fsp3) is 0.611. The van der Waals surface area contributed by atoms with Gasteiger partial charge in [0.1, 0.15) is 12.4 Å². The molecular formula is C18H23F3N2O2. The Labute approximate surface area is 145 Å². The fourth-order valence-electron chi connectivity index (χ4n) is 3.74. The summed E-state index contributed by atoms with van der Waals surface area (Å²) in [7, 11) is 0. The lowest BCUT2D eigenvalue weighted by Gasteiger charge is -2.34. The van der Waals surface area contributed by atoms with Crippen LogP contribution in [0.1, 0.15) is 25.8 Å². The smallest absolute Gasteiger partial charge is 0.248 e. The number of halogens is 3. The predicted molar refractivity (Wildman–Crippen MR) is 86.3 cm³/mol. The first-order valence-corrected chi connectivity index (χ1v) is 8.53. The molecule has 25 heavy (non-hydrogen) atoms. The molecule has 1 unspecified atom stereocenters. The first-order valence-electron chi connectivity index (χ1n) is 8.53. The quantitative estimate of drug-likeness (QED) is 0.781. The van der Waals surface area contributed by atoms with E-state index < -0.39 is 17.5 Å². The second-order valence-electron chi connectivity index (χ2n) is 7.43. The molecule has 2 aliphatic rings. The monoisotopic (exact) mass is 356 g/mol. The van der Waals surface area contributed by atoms with Gasteiger partial charge in [-0.05, 0) is 32.9 Å². The van der Waals surface area contributed by atoms with Crippen molar-refractivity contribution < 1.29 is 22.7 Å². The van der Waals surface area contributed by atoms with Gasteiger partial charge in [0, 0.05) is 42.7 Å². The molecule has 4 nitrogen and oxygen atoms in total. The molecule has 2 saturated heterocycles. The van der Waals surface area contributed by atoms with Crippen molar-refractivity contribution in [1.29, 1.82) is 0 Å². The van der Waals surface area contributed by atoms with Gasteiger partial charge in [-0.2, -0.15) is 0 Å². The van der Waals surface area contributed by atoms with E-state index in [9.17, 15) is 18.0 Å². The number of ether oxygens (including phenoxy) is 1. The Kier molecular flexibility index (Phi) is 5.06. The molecule has 2 heterocycles. The molecule has 7 heteroatoms. The zero-order valence-electron chi connectivity index (χ0n) is 14.5. The summed E-state index contributed by atoms with van der Waals surface area (Å²) in [6.07, 6.45) is 0.814. The first-order chi connectivity index (χ1) is 11.8. The largest absolute Gasteiger partial charge is 0.371 e. The van der Waals surface area contributed by atoms with Crippen LogP contribution in [0.2, 0.25) is 0 Å². The Morgan fingerprint density at radius 1 is 1.16 bits per heavy atom. The van der Waals surface area contributed by atoms with Gasteiger partial charge in [0.15, 0.2) is 11.6 Å².